The summed E-state index contributed by atoms with van der Waals surface area (Å²) in [4.78, 5) is 36.7. The van der Waals surface area contributed by atoms with E-state index < -0.39 is 23.8 Å². The maximum absolute atomic E-state index is 11.8. The van der Waals surface area contributed by atoms with Gasteiger partial charge in [-0.15, -0.1) is 0 Å². The first kappa shape index (κ1) is 14.8. The zero-order valence-corrected chi connectivity index (χ0v) is 11.9. The number of nitrogen functional groups attached to an aromatic ring is 1. The molecule has 1 aliphatic heterocycles. The maximum atomic E-state index is 11.8. The van der Waals surface area contributed by atoms with E-state index in [4.69, 9.17) is 10.5 Å². The fourth-order valence-corrected chi connectivity index (χ4v) is 2.20. The highest BCUT2D eigenvalue weighted by Crippen LogP contribution is 2.29. The SMILES string of the molecule is CCOC(=O)c1cccc(N2CC(=O)NC(=O)C2C)c1N. The third-order valence-corrected chi connectivity index (χ3v) is 3.31. The summed E-state index contributed by atoms with van der Waals surface area (Å²) in [5.74, 6) is -1.33. The molecule has 0 spiro atoms. The van der Waals surface area contributed by atoms with E-state index in [1.165, 1.54) is 0 Å². The summed E-state index contributed by atoms with van der Waals surface area (Å²) in [6.45, 7) is 3.61. The van der Waals surface area contributed by atoms with Crippen LogP contribution in [0.5, 0.6) is 0 Å². The lowest BCUT2D eigenvalue weighted by Crippen LogP contribution is -2.57. The van der Waals surface area contributed by atoms with Gasteiger partial charge in [-0.2, -0.15) is 0 Å². The van der Waals surface area contributed by atoms with Crippen LogP contribution in [0, 0.1) is 0 Å². The Balaban J connectivity index is 2.40. The van der Waals surface area contributed by atoms with Crippen molar-refractivity contribution in [2.45, 2.75) is 19.9 Å². The molecule has 1 saturated heterocycles. The Kier molecular flexibility index (Phi) is 4.11. The van der Waals surface area contributed by atoms with Gasteiger partial charge in [-0.05, 0) is 26.0 Å². The average Bonchev–Trinajstić information content (AvgIpc) is 2.43. The molecule has 1 unspecified atom stereocenters. The van der Waals surface area contributed by atoms with E-state index in [1.54, 1.807) is 36.9 Å². The van der Waals surface area contributed by atoms with Gasteiger partial charge in [0.2, 0.25) is 11.8 Å². The number of esters is 1. The largest absolute Gasteiger partial charge is 0.462 e. The first-order valence-corrected chi connectivity index (χ1v) is 6.61. The third kappa shape index (κ3) is 2.81. The highest BCUT2D eigenvalue weighted by Gasteiger charge is 2.32. The van der Waals surface area contributed by atoms with Crippen LogP contribution in [0.2, 0.25) is 0 Å². The van der Waals surface area contributed by atoms with E-state index in [0.29, 0.717) is 5.69 Å². The molecule has 7 nitrogen and oxygen atoms in total. The molecule has 0 saturated carbocycles. The molecule has 1 atom stereocenters. The van der Waals surface area contributed by atoms with Crippen molar-refractivity contribution < 1.29 is 19.1 Å². The number of hydrogen-bond donors (Lipinski definition) is 2. The molecule has 112 valence electrons. The highest BCUT2D eigenvalue weighted by molar-refractivity contribution is 6.06. The van der Waals surface area contributed by atoms with Crippen LogP contribution >= 0.6 is 0 Å². The Morgan fingerprint density at radius 2 is 2.19 bits per heavy atom. The second kappa shape index (κ2) is 5.82. The minimum Gasteiger partial charge on any atom is -0.462 e. The molecule has 1 heterocycles. The quantitative estimate of drug-likeness (QED) is 0.472. The molecule has 7 heteroatoms. The topological polar surface area (TPSA) is 102 Å². The van der Waals surface area contributed by atoms with Gasteiger partial charge in [0, 0.05) is 0 Å². The lowest BCUT2D eigenvalue weighted by atomic mass is 10.1. The van der Waals surface area contributed by atoms with Crippen molar-refractivity contribution in [2.75, 3.05) is 23.8 Å². The number of imide groups is 1. The normalized spacial score (nSPS) is 18.4. The number of benzene rings is 1. The van der Waals surface area contributed by atoms with Crippen molar-refractivity contribution in [3.05, 3.63) is 23.8 Å². The molecule has 1 fully saturated rings. The molecule has 3 N–H and O–H groups in total. The van der Waals surface area contributed by atoms with Crippen LogP contribution in [-0.4, -0.2) is 37.0 Å². The predicted molar refractivity (Wildman–Crippen MR) is 76.8 cm³/mol. The van der Waals surface area contributed by atoms with Gasteiger partial charge in [-0.3, -0.25) is 14.9 Å². The summed E-state index contributed by atoms with van der Waals surface area (Å²) < 4.78 is 4.94. The number of nitrogens with one attached hydrogen (secondary N) is 1. The van der Waals surface area contributed by atoms with Crippen LogP contribution in [0.3, 0.4) is 0 Å². The second-order valence-corrected chi connectivity index (χ2v) is 4.68. The number of rotatable bonds is 3. The Hall–Kier alpha value is -2.57. The zero-order chi connectivity index (χ0) is 15.6. The van der Waals surface area contributed by atoms with Gasteiger partial charge in [-0.1, -0.05) is 6.07 Å². The van der Waals surface area contributed by atoms with Crippen molar-refractivity contribution in [2.24, 2.45) is 0 Å². The highest BCUT2D eigenvalue weighted by atomic mass is 16.5. The van der Waals surface area contributed by atoms with Gasteiger partial charge < -0.3 is 15.4 Å². The standard InChI is InChI=1S/C14H17N3O4/c1-3-21-14(20)9-5-4-6-10(12(9)15)17-7-11(18)16-13(19)8(17)2/h4-6,8H,3,7,15H2,1-2H3,(H,16,18,19). The number of nitrogens with zero attached hydrogens (tertiary/aromatic N) is 1. The van der Waals surface area contributed by atoms with E-state index >= 15 is 0 Å². The number of hydrogen-bond acceptors (Lipinski definition) is 6. The number of anilines is 2. The summed E-state index contributed by atoms with van der Waals surface area (Å²) >= 11 is 0. The van der Waals surface area contributed by atoms with Crippen molar-refractivity contribution >= 4 is 29.2 Å². The monoisotopic (exact) mass is 291 g/mol. The van der Waals surface area contributed by atoms with Crippen LogP contribution < -0.4 is 16.0 Å². The average molecular weight is 291 g/mol. The van der Waals surface area contributed by atoms with Gasteiger partial charge in [0.1, 0.15) is 6.04 Å². The summed E-state index contributed by atoms with van der Waals surface area (Å²) in [6.07, 6.45) is 0. The Bertz CT molecular complexity index is 600. The van der Waals surface area contributed by atoms with Crippen LogP contribution in [0.15, 0.2) is 18.2 Å². The smallest absolute Gasteiger partial charge is 0.340 e. The number of amides is 2. The van der Waals surface area contributed by atoms with Crippen molar-refractivity contribution in [1.29, 1.82) is 0 Å². The molecule has 0 bridgehead atoms. The second-order valence-electron chi connectivity index (χ2n) is 4.68. The minimum absolute atomic E-state index is 0.00336. The summed E-state index contributed by atoms with van der Waals surface area (Å²) in [5, 5.41) is 2.25. The molecule has 1 aromatic rings. The van der Waals surface area contributed by atoms with E-state index in [9.17, 15) is 14.4 Å². The first-order valence-electron chi connectivity index (χ1n) is 6.61. The Morgan fingerprint density at radius 1 is 1.48 bits per heavy atom. The Labute approximate surface area is 122 Å². The van der Waals surface area contributed by atoms with Crippen molar-refractivity contribution in [3.8, 4) is 0 Å². The molecule has 21 heavy (non-hydrogen) atoms. The van der Waals surface area contributed by atoms with Crippen LogP contribution in [-0.2, 0) is 14.3 Å². The lowest BCUT2D eigenvalue weighted by molar-refractivity contribution is -0.132. The Morgan fingerprint density at radius 3 is 2.86 bits per heavy atom. The summed E-state index contributed by atoms with van der Waals surface area (Å²) in [6, 6.07) is 4.30. The maximum Gasteiger partial charge on any atom is 0.340 e. The van der Waals surface area contributed by atoms with E-state index in [-0.39, 0.29) is 24.4 Å². The van der Waals surface area contributed by atoms with Gasteiger partial charge in [-0.25, -0.2) is 4.79 Å². The number of nitrogens with two attached hydrogens (primary N) is 1. The molecule has 0 radical (unpaired) electrons. The molecule has 1 aromatic carbocycles. The van der Waals surface area contributed by atoms with E-state index in [2.05, 4.69) is 5.32 Å². The number of piperazine rings is 1. The summed E-state index contributed by atoms with van der Waals surface area (Å²) in [5.41, 5.74) is 6.90. The van der Waals surface area contributed by atoms with Gasteiger partial charge >= 0.3 is 5.97 Å². The zero-order valence-electron chi connectivity index (χ0n) is 11.9. The number of ether oxygens (including phenoxy) is 1. The van der Waals surface area contributed by atoms with Gasteiger partial charge in [0.05, 0.1) is 30.1 Å². The number of carbonyl (C=O) groups excluding carboxylic acids is 3. The molecular weight excluding hydrogens is 274 g/mol. The molecule has 0 aromatic heterocycles. The number of para-hydroxylation sites is 1. The molecule has 2 rings (SSSR count). The van der Waals surface area contributed by atoms with E-state index in [0.717, 1.165) is 0 Å². The van der Waals surface area contributed by atoms with Crippen molar-refractivity contribution in [1.82, 2.24) is 5.32 Å². The first-order chi connectivity index (χ1) is 9.95. The van der Waals surface area contributed by atoms with Crippen LogP contribution in [0.25, 0.3) is 0 Å². The fourth-order valence-electron chi connectivity index (χ4n) is 2.20. The van der Waals surface area contributed by atoms with Gasteiger partial charge in [0.15, 0.2) is 0 Å². The fraction of sp³-hybridized carbons (Fsp3) is 0.357. The van der Waals surface area contributed by atoms with Gasteiger partial charge in [0.25, 0.3) is 0 Å². The van der Waals surface area contributed by atoms with E-state index in [1.807, 2.05) is 0 Å². The third-order valence-electron chi connectivity index (χ3n) is 3.31. The molecule has 0 aliphatic carbocycles. The van der Waals surface area contributed by atoms with Crippen LogP contribution in [0.1, 0.15) is 24.2 Å². The predicted octanol–water partition coefficient (Wildman–Crippen LogP) is 0.297. The minimum atomic E-state index is -0.553. The molecule has 2 amide bonds. The number of carbonyl (C=O) groups is 3. The molecular formula is C14H17N3O4. The van der Waals surface area contributed by atoms with Crippen molar-refractivity contribution in [3.63, 3.8) is 0 Å². The van der Waals surface area contributed by atoms with Crippen LogP contribution in [0.4, 0.5) is 11.4 Å². The lowest BCUT2D eigenvalue weighted by Gasteiger charge is -2.34. The summed E-state index contributed by atoms with van der Waals surface area (Å²) in [7, 11) is 0. The molecule has 1 aliphatic rings.